The maximum atomic E-state index is 13.1. The summed E-state index contributed by atoms with van der Waals surface area (Å²) in [5.74, 6) is -0.396. The molecule has 2 nitrogen and oxygen atoms in total. The molecule has 0 aliphatic carbocycles. The quantitative estimate of drug-likeness (QED) is 0.854. The third-order valence-corrected chi connectivity index (χ3v) is 3.31. The first-order chi connectivity index (χ1) is 9.11. The number of benzene rings is 2. The molecule has 0 heterocycles. The van der Waals surface area contributed by atoms with E-state index >= 15 is 0 Å². The third-order valence-electron chi connectivity index (χ3n) is 3.02. The van der Waals surface area contributed by atoms with Gasteiger partial charge in [-0.15, -0.1) is 0 Å². The maximum absolute atomic E-state index is 13.1. The predicted octanol–water partition coefficient (Wildman–Crippen LogP) is 4.09. The minimum Gasteiger partial charge on any atom is -0.397 e. The van der Waals surface area contributed by atoms with E-state index in [-0.39, 0.29) is 5.02 Å². The summed E-state index contributed by atoms with van der Waals surface area (Å²) in [5.41, 5.74) is 8.64. The minimum absolute atomic E-state index is 0.148. The predicted molar refractivity (Wildman–Crippen MR) is 79.0 cm³/mol. The fourth-order valence-electron chi connectivity index (χ4n) is 2.00. The Bertz CT molecular complexity index is 572. The van der Waals surface area contributed by atoms with E-state index in [1.807, 2.05) is 24.3 Å². The zero-order valence-corrected chi connectivity index (χ0v) is 11.5. The highest BCUT2D eigenvalue weighted by molar-refractivity contribution is 6.30. The fraction of sp³-hybridized carbons (Fsp3) is 0.200. The van der Waals surface area contributed by atoms with Crippen LogP contribution in [0.2, 0.25) is 5.02 Å². The SMILES string of the molecule is CCN(Cc1ccc(F)c(Cl)c1)c1ccccc1N. The fourth-order valence-corrected chi connectivity index (χ4v) is 2.20. The molecule has 0 bridgehead atoms. The number of nitrogen functional groups attached to an aromatic ring is 1. The Morgan fingerprint density at radius 1 is 1.21 bits per heavy atom. The Labute approximate surface area is 117 Å². The van der Waals surface area contributed by atoms with Crippen LogP contribution in [-0.2, 0) is 6.54 Å². The molecule has 0 saturated heterocycles. The van der Waals surface area contributed by atoms with Crippen molar-refractivity contribution in [3.05, 3.63) is 58.9 Å². The van der Waals surface area contributed by atoms with E-state index in [0.29, 0.717) is 6.54 Å². The van der Waals surface area contributed by atoms with Crippen molar-refractivity contribution in [3.63, 3.8) is 0 Å². The molecular formula is C15H16ClFN2. The van der Waals surface area contributed by atoms with Gasteiger partial charge in [0, 0.05) is 13.1 Å². The van der Waals surface area contributed by atoms with Crippen LogP contribution in [0.1, 0.15) is 12.5 Å². The zero-order valence-electron chi connectivity index (χ0n) is 10.7. The van der Waals surface area contributed by atoms with Gasteiger partial charge in [0.15, 0.2) is 0 Å². The normalized spacial score (nSPS) is 10.5. The van der Waals surface area contributed by atoms with Crippen molar-refractivity contribution in [2.45, 2.75) is 13.5 Å². The van der Waals surface area contributed by atoms with Crippen molar-refractivity contribution in [1.29, 1.82) is 0 Å². The third kappa shape index (κ3) is 3.18. The molecule has 0 saturated carbocycles. The van der Waals surface area contributed by atoms with Crippen LogP contribution in [0.25, 0.3) is 0 Å². The summed E-state index contributed by atoms with van der Waals surface area (Å²) in [5, 5.41) is 0.148. The van der Waals surface area contributed by atoms with Gasteiger partial charge in [-0.25, -0.2) is 4.39 Å². The summed E-state index contributed by atoms with van der Waals surface area (Å²) in [4.78, 5) is 2.12. The second kappa shape index (κ2) is 5.93. The standard InChI is InChI=1S/C15H16ClFN2/c1-2-19(15-6-4-3-5-14(15)18)10-11-7-8-13(17)12(16)9-11/h3-9H,2,10,18H2,1H3. The van der Waals surface area contributed by atoms with Gasteiger partial charge in [-0.2, -0.15) is 0 Å². The Kier molecular flexibility index (Phi) is 4.27. The van der Waals surface area contributed by atoms with Crippen molar-refractivity contribution in [2.75, 3.05) is 17.2 Å². The molecule has 0 amide bonds. The molecule has 0 radical (unpaired) electrons. The highest BCUT2D eigenvalue weighted by Crippen LogP contribution is 2.25. The average molecular weight is 279 g/mol. The van der Waals surface area contributed by atoms with Crippen molar-refractivity contribution in [2.24, 2.45) is 0 Å². The van der Waals surface area contributed by atoms with Crippen molar-refractivity contribution >= 4 is 23.0 Å². The van der Waals surface area contributed by atoms with Crippen LogP contribution >= 0.6 is 11.6 Å². The molecule has 0 spiro atoms. The molecule has 2 N–H and O–H groups in total. The van der Waals surface area contributed by atoms with Gasteiger partial charge in [0.05, 0.1) is 16.4 Å². The van der Waals surface area contributed by atoms with Crippen LogP contribution in [0.4, 0.5) is 15.8 Å². The first kappa shape index (κ1) is 13.7. The van der Waals surface area contributed by atoms with E-state index in [1.165, 1.54) is 6.07 Å². The van der Waals surface area contributed by atoms with Crippen LogP contribution in [0, 0.1) is 5.82 Å². The van der Waals surface area contributed by atoms with Gasteiger partial charge in [-0.3, -0.25) is 0 Å². The zero-order chi connectivity index (χ0) is 13.8. The van der Waals surface area contributed by atoms with Crippen molar-refractivity contribution in [3.8, 4) is 0 Å². The van der Waals surface area contributed by atoms with Crippen LogP contribution in [0.15, 0.2) is 42.5 Å². The lowest BCUT2D eigenvalue weighted by Gasteiger charge is -2.24. The molecule has 0 atom stereocenters. The number of hydrogen-bond donors (Lipinski definition) is 1. The smallest absolute Gasteiger partial charge is 0.141 e. The molecule has 0 aliphatic rings. The lowest BCUT2D eigenvalue weighted by atomic mass is 10.1. The summed E-state index contributed by atoms with van der Waals surface area (Å²) in [6.07, 6.45) is 0. The highest BCUT2D eigenvalue weighted by atomic mass is 35.5. The first-order valence-electron chi connectivity index (χ1n) is 6.15. The van der Waals surface area contributed by atoms with Gasteiger partial charge in [0.2, 0.25) is 0 Å². The molecule has 0 unspecified atom stereocenters. The lowest BCUT2D eigenvalue weighted by molar-refractivity contribution is 0.627. The first-order valence-corrected chi connectivity index (χ1v) is 6.53. The number of hydrogen-bond acceptors (Lipinski definition) is 2. The summed E-state index contributed by atoms with van der Waals surface area (Å²) in [7, 11) is 0. The summed E-state index contributed by atoms with van der Waals surface area (Å²) in [6.45, 7) is 3.51. The molecule has 0 fully saturated rings. The Morgan fingerprint density at radius 3 is 2.58 bits per heavy atom. The van der Waals surface area contributed by atoms with Gasteiger partial charge >= 0.3 is 0 Å². The van der Waals surface area contributed by atoms with E-state index < -0.39 is 5.82 Å². The van der Waals surface area contributed by atoms with Crippen LogP contribution in [0.5, 0.6) is 0 Å². The second-order valence-electron chi connectivity index (χ2n) is 4.32. The number of para-hydroxylation sites is 2. The van der Waals surface area contributed by atoms with Gasteiger partial charge in [0.1, 0.15) is 5.82 Å². The topological polar surface area (TPSA) is 29.3 Å². The Hall–Kier alpha value is -1.74. The molecule has 19 heavy (non-hydrogen) atoms. The molecular weight excluding hydrogens is 263 g/mol. The van der Waals surface area contributed by atoms with Gasteiger partial charge in [0.25, 0.3) is 0 Å². The molecule has 100 valence electrons. The van der Waals surface area contributed by atoms with Crippen LogP contribution in [-0.4, -0.2) is 6.54 Å². The number of rotatable bonds is 4. The molecule has 2 aromatic rings. The molecule has 0 aromatic heterocycles. The van der Waals surface area contributed by atoms with Crippen molar-refractivity contribution < 1.29 is 4.39 Å². The molecule has 4 heteroatoms. The Balaban J connectivity index is 2.24. The lowest BCUT2D eigenvalue weighted by Crippen LogP contribution is -2.23. The van der Waals surface area contributed by atoms with Crippen LogP contribution < -0.4 is 10.6 Å². The molecule has 0 aliphatic heterocycles. The second-order valence-corrected chi connectivity index (χ2v) is 4.73. The van der Waals surface area contributed by atoms with E-state index in [4.69, 9.17) is 17.3 Å². The summed E-state index contributed by atoms with van der Waals surface area (Å²) >= 11 is 5.80. The average Bonchev–Trinajstić information content (AvgIpc) is 2.41. The van der Waals surface area contributed by atoms with E-state index in [2.05, 4.69) is 11.8 Å². The summed E-state index contributed by atoms with van der Waals surface area (Å²) in [6, 6.07) is 12.5. The number of anilines is 2. The van der Waals surface area contributed by atoms with Gasteiger partial charge in [-0.05, 0) is 36.8 Å². The van der Waals surface area contributed by atoms with E-state index in [9.17, 15) is 4.39 Å². The number of nitrogens with zero attached hydrogens (tertiary/aromatic N) is 1. The highest BCUT2D eigenvalue weighted by Gasteiger charge is 2.09. The van der Waals surface area contributed by atoms with E-state index in [1.54, 1.807) is 12.1 Å². The Morgan fingerprint density at radius 2 is 1.95 bits per heavy atom. The van der Waals surface area contributed by atoms with Crippen LogP contribution in [0.3, 0.4) is 0 Å². The largest absolute Gasteiger partial charge is 0.397 e. The van der Waals surface area contributed by atoms with E-state index in [0.717, 1.165) is 23.5 Å². The minimum atomic E-state index is -0.396. The summed E-state index contributed by atoms with van der Waals surface area (Å²) < 4.78 is 13.1. The molecule has 2 rings (SSSR count). The van der Waals surface area contributed by atoms with Gasteiger partial charge in [-0.1, -0.05) is 29.8 Å². The maximum Gasteiger partial charge on any atom is 0.141 e. The van der Waals surface area contributed by atoms with Gasteiger partial charge < -0.3 is 10.6 Å². The monoisotopic (exact) mass is 278 g/mol. The van der Waals surface area contributed by atoms with Crippen molar-refractivity contribution in [1.82, 2.24) is 0 Å². The number of nitrogens with two attached hydrogens (primary N) is 1. The number of halogens is 2. The molecule has 2 aromatic carbocycles.